The molecule has 1 aromatic heterocycles. The van der Waals surface area contributed by atoms with Crippen LogP contribution in [-0.2, 0) is 11.2 Å². The monoisotopic (exact) mass is 427 g/mol. The van der Waals surface area contributed by atoms with E-state index < -0.39 is 0 Å². The van der Waals surface area contributed by atoms with E-state index in [4.69, 9.17) is 9.47 Å². The van der Waals surface area contributed by atoms with Gasteiger partial charge in [0.2, 0.25) is 5.91 Å². The molecule has 168 valence electrons. The first kappa shape index (κ1) is 24.0. The van der Waals surface area contributed by atoms with E-state index in [1.54, 1.807) is 25.3 Å². The molecule has 2 N–H and O–H groups in total. The summed E-state index contributed by atoms with van der Waals surface area (Å²) >= 11 is 0. The van der Waals surface area contributed by atoms with Crippen molar-refractivity contribution in [1.29, 1.82) is 0 Å². The molecule has 0 saturated carbocycles. The Morgan fingerprint density at radius 1 is 1.16 bits per heavy atom. The number of benzene rings is 1. The van der Waals surface area contributed by atoms with Crippen LogP contribution in [0.2, 0.25) is 0 Å². The summed E-state index contributed by atoms with van der Waals surface area (Å²) in [6, 6.07) is 13.3. The molecule has 0 aliphatic carbocycles. The third-order valence-corrected chi connectivity index (χ3v) is 4.53. The molecule has 0 bridgehead atoms. The van der Waals surface area contributed by atoms with Crippen molar-refractivity contribution >= 4 is 11.9 Å². The number of rotatable bonds is 11. The Balaban J connectivity index is 1.82. The van der Waals surface area contributed by atoms with Crippen molar-refractivity contribution in [2.24, 2.45) is 4.99 Å². The van der Waals surface area contributed by atoms with Crippen LogP contribution in [-0.4, -0.2) is 68.2 Å². The largest absolute Gasteiger partial charge is 0.493 e. The number of pyridine rings is 1. The Labute approximate surface area is 184 Å². The second-order valence-electron chi connectivity index (χ2n) is 7.04. The molecule has 1 unspecified atom stereocenters. The molecule has 0 aliphatic heterocycles. The van der Waals surface area contributed by atoms with E-state index in [9.17, 15) is 4.79 Å². The summed E-state index contributed by atoms with van der Waals surface area (Å²) < 4.78 is 11.3. The fourth-order valence-electron chi connectivity index (χ4n) is 2.78. The average Bonchev–Trinajstić information content (AvgIpc) is 2.80. The Morgan fingerprint density at radius 3 is 2.58 bits per heavy atom. The molecule has 1 atom stereocenters. The molecule has 0 spiro atoms. The molecule has 2 rings (SSSR count). The van der Waals surface area contributed by atoms with Crippen LogP contribution in [0.15, 0.2) is 53.7 Å². The number of hydrogen-bond donors (Lipinski definition) is 2. The van der Waals surface area contributed by atoms with Crippen molar-refractivity contribution in [3.05, 3.63) is 54.4 Å². The number of methoxy groups -OCH3 is 1. The van der Waals surface area contributed by atoms with E-state index in [1.807, 2.05) is 56.3 Å². The van der Waals surface area contributed by atoms with Gasteiger partial charge >= 0.3 is 0 Å². The van der Waals surface area contributed by atoms with Crippen LogP contribution in [0, 0.1) is 0 Å². The number of guanidine groups is 1. The van der Waals surface area contributed by atoms with Crippen molar-refractivity contribution in [3.8, 4) is 11.5 Å². The van der Waals surface area contributed by atoms with Gasteiger partial charge in [0, 0.05) is 38.4 Å². The normalized spacial score (nSPS) is 12.1. The van der Waals surface area contributed by atoms with Gasteiger partial charge in [0.25, 0.3) is 0 Å². The number of carbonyl (C=O) groups is 1. The molecule has 0 fully saturated rings. The first-order valence-corrected chi connectivity index (χ1v) is 10.5. The lowest BCUT2D eigenvalue weighted by molar-refractivity contribution is -0.128. The van der Waals surface area contributed by atoms with Gasteiger partial charge in [-0.05, 0) is 38.1 Å². The lowest BCUT2D eigenvalue weighted by Gasteiger charge is -2.19. The maximum Gasteiger partial charge on any atom is 0.244 e. The number of para-hydroxylation sites is 2. The van der Waals surface area contributed by atoms with Gasteiger partial charge in [-0.3, -0.25) is 9.78 Å². The quantitative estimate of drug-likeness (QED) is 0.422. The number of aliphatic imine (C=N–C) groups is 1. The van der Waals surface area contributed by atoms with Crippen LogP contribution in [0.3, 0.4) is 0 Å². The molecule has 1 heterocycles. The van der Waals surface area contributed by atoms with Crippen LogP contribution >= 0.6 is 0 Å². The number of nitrogens with one attached hydrogen (secondary N) is 2. The highest BCUT2D eigenvalue weighted by molar-refractivity contribution is 5.84. The predicted octanol–water partition coefficient (Wildman–Crippen LogP) is 2.11. The first-order chi connectivity index (χ1) is 15.0. The van der Waals surface area contributed by atoms with Crippen molar-refractivity contribution < 1.29 is 14.3 Å². The van der Waals surface area contributed by atoms with Crippen LogP contribution in [0.25, 0.3) is 0 Å². The van der Waals surface area contributed by atoms with Crippen molar-refractivity contribution in [3.63, 3.8) is 0 Å². The van der Waals surface area contributed by atoms with Crippen LogP contribution < -0.4 is 20.1 Å². The van der Waals surface area contributed by atoms with E-state index in [-0.39, 0.29) is 18.6 Å². The number of nitrogens with zero attached hydrogens (tertiary/aromatic N) is 3. The highest BCUT2D eigenvalue weighted by Gasteiger charge is 2.11. The second-order valence-corrected chi connectivity index (χ2v) is 7.04. The van der Waals surface area contributed by atoms with Crippen molar-refractivity contribution in [1.82, 2.24) is 20.5 Å². The van der Waals surface area contributed by atoms with Crippen molar-refractivity contribution in [2.75, 3.05) is 40.3 Å². The summed E-state index contributed by atoms with van der Waals surface area (Å²) in [5, 5.41) is 6.38. The number of likely N-dealkylation sites (N-methyl/N-ethyl adjacent to an activating group) is 1. The lowest BCUT2D eigenvalue weighted by atomic mass is 10.2. The predicted molar refractivity (Wildman–Crippen MR) is 123 cm³/mol. The van der Waals surface area contributed by atoms with Gasteiger partial charge in [0.15, 0.2) is 17.5 Å². The highest BCUT2D eigenvalue weighted by Crippen LogP contribution is 2.26. The fourth-order valence-corrected chi connectivity index (χ4v) is 2.78. The van der Waals surface area contributed by atoms with E-state index in [2.05, 4.69) is 20.6 Å². The van der Waals surface area contributed by atoms with E-state index in [0.29, 0.717) is 43.5 Å². The zero-order valence-corrected chi connectivity index (χ0v) is 18.8. The van der Waals surface area contributed by atoms with E-state index in [1.165, 1.54) is 0 Å². The third-order valence-electron chi connectivity index (χ3n) is 4.53. The highest BCUT2D eigenvalue weighted by atomic mass is 16.5. The lowest BCUT2D eigenvalue weighted by Crippen LogP contribution is -2.42. The summed E-state index contributed by atoms with van der Waals surface area (Å²) in [6.07, 6.45) is 2.34. The first-order valence-electron chi connectivity index (χ1n) is 10.5. The van der Waals surface area contributed by atoms with Crippen LogP contribution in [0.5, 0.6) is 11.5 Å². The summed E-state index contributed by atoms with van der Waals surface area (Å²) in [7, 11) is 3.40. The second kappa shape index (κ2) is 13.1. The molecule has 8 nitrogen and oxygen atoms in total. The Morgan fingerprint density at radius 2 is 1.90 bits per heavy atom. The summed E-state index contributed by atoms with van der Waals surface area (Å²) in [4.78, 5) is 22.8. The minimum atomic E-state index is -0.128. The SMILES string of the molecule is CCNC(=NCC(=O)N(C)CCc1ccccn1)NCC(C)Oc1ccccc1OC. The van der Waals surface area contributed by atoms with Gasteiger partial charge in [-0.15, -0.1) is 0 Å². The minimum Gasteiger partial charge on any atom is -0.493 e. The zero-order chi connectivity index (χ0) is 22.5. The van der Waals surface area contributed by atoms with E-state index in [0.717, 1.165) is 5.69 Å². The van der Waals surface area contributed by atoms with Crippen LogP contribution in [0.1, 0.15) is 19.5 Å². The molecule has 0 radical (unpaired) electrons. The number of aromatic nitrogens is 1. The van der Waals surface area contributed by atoms with Gasteiger partial charge in [0.05, 0.1) is 13.7 Å². The molecule has 8 heteroatoms. The number of ether oxygens (including phenoxy) is 2. The third kappa shape index (κ3) is 8.54. The van der Waals surface area contributed by atoms with Gasteiger partial charge in [-0.2, -0.15) is 0 Å². The Hall–Kier alpha value is -3.29. The van der Waals surface area contributed by atoms with E-state index >= 15 is 0 Å². The van der Waals surface area contributed by atoms with Gasteiger partial charge < -0.3 is 25.0 Å². The number of amides is 1. The summed E-state index contributed by atoms with van der Waals surface area (Å²) in [5.74, 6) is 1.90. The molecule has 1 aromatic carbocycles. The molecule has 0 aliphatic rings. The molecule has 2 aromatic rings. The summed E-state index contributed by atoms with van der Waals surface area (Å²) in [5.41, 5.74) is 0.963. The Bertz CT molecular complexity index is 829. The molecular formula is C23H33N5O3. The molecule has 31 heavy (non-hydrogen) atoms. The smallest absolute Gasteiger partial charge is 0.244 e. The average molecular weight is 428 g/mol. The minimum absolute atomic E-state index is 0.0496. The van der Waals surface area contributed by atoms with Gasteiger partial charge in [-0.1, -0.05) is 18.2 Å². The maximum absolute atomic E-state index is 12.4. The molecule has 1 amide bonds. The standard InChI is InChI=1S/C23H33N5O3/c1-5-24-23(26-16-18(2)31-21-12-7-6-11-20(21)30-4)27-17-22(29)28(3)15-13-19-10-8-9-14-25-19/h6-12,14,18H,5,13,15-17H2,1-4H3,(H2,24,26,27). The van der Waals surface area contributed by atoms with Crippen molar-refractivity contribution in [2.45, 2.75) is 26.4 Å². The zero-order valence-electron chi connectivity index (χ0n) is 18.8. The topological polar surface area (TPSA) is 88.1 Å². The number of carbonyl (C=O) groups excluding carboxylic acids is 1. The van der Waals surface area contributed by atoms with Gasteiger partial charge in [-0.25, -0.2) is 4.99 Å². The molecule has 0 saturated heterocycles. The van der Waals surface area contributed by atoms with Gasteiger partial charge in [0.1, 0.15) is 12.6 Å². The maximum atomic E-state index is 12.4. The molecular weight excluding hydrogens is 394 g/mol. The Kier molecular flexibility index (Phi) is 10.1. The van der Waals surface area contributed by atoms with Crippen LogP contribution in [0.4, 0.5) is 0 Å². The summed E-state index contributed by atoms with van der Waals surface area (Å²) in [6.45, 7) is 5.81. The fraction of sp³-hybridized carbons (Fsp3) is 0.435. The number of hydrogen-bond acceptors (Lipinski definition) is 5.